The number of rotatable bonds is 10. The van der Waals surface area contributed by atoms with Gasteiger partial charge in [0.05, 0.1) is 0 Å². The predicted molar refractivity (Wildman–Crippen MR) is 92.4 cm³/mol. The maximum atomic E-state index is 3.63. The highest BCUT2D eigenvalue weighted by atomic mass is 32.2. The zero-order valence-corrected chi connectivity index (χ0v) is 14.4. The summed E-state index contributed by atoms with van der Waals surface area (Å²) in [7, 11) is 0. The SMILES string of the molecule is CC(C)CNCC(CCSc1ccccc1)CC(C)C. The number of nitrogens with one attached hydrogen (secondary N) is 1. The monoisotopic (exact) mass is 293 g/mol. The van der Waals surface area contributed by atoms with E-state index in [1.54, 1.807) is 0 Å². The van der Waals surface area contributed by atoms with Gasteiger partial charge < -0.3 is 5.32 Å². The smallest absolute Gasteiger partial charge is 0.00719 e. The summed E-state index contributed by atoms with van der Waals surface area (Å²) in [6, 6.07) is 10.7. The lowest BCUT2D eigenvalue weighted by molar-refractivity contribution is 0.371. The molecule has 1 rings (SSSR count). The molecule has 2 heteroatoms. The molecule has 0 bridgehead atoms. The van der Waals surface area contributed by atoms with Crippen LogP contribution in [0, 0.1) is 17.8 Å². The Hall–Kier alpha value is -0.470. The molecule has 0 aliphatic heterocycles. The Kier molecular flexibility index (Phi) is 9.04. The summed E-state index contributed by atoms with van der Waals surface area (Å²) in [4.78, 5) is 1.39. The number of benzene rings is 1. The van der Waals surface area contributed by atoms with E-state index in [1.165, 1.54) is 30.0 Å². The van der Waals surface area contributed by atoms with Crippen molar-refractivity contribution in [3.05, 3.63) is 30.3 Å². The van der Waals surface area contributed by atoms with Crippen molar-refractivity contribution in [1.82, 2.24) is 5.32 Å². The van der Waals surface area contributed by atoms with E-state index in [0.717, 1.165) is 24.3 Å². The van der Waals surface area contributed by atoms with Crippen molar-refractivity contribution in [3.8, 4) is 0 Å². The third-order valence-electron chi connectivity index (χ3n) is 3.33. The van der Waals surface area contributed by atoms with Crippen molar-refractivity contribution >= 4 is 11.8 Å². The van der Waals surface area contributed by atoms with Crippen LogP contribution in [0.15, 0.2) is 35.2 Å². The van der Waals surface area contributed by atoms with Crippen molar-refractivity contribution in [2.75, 3.05) is 18.8 Å². The molecule has 20 heavy (non-hydrogen) atoms. The molecule has 1 aromatic rings. The second-order valence-electron chi connectivity index (χ2n) is 6.50. The molecule has 0 saturated carbocycles. The molecule has 0 aliphatic rings. The summed E-state index contributed by atoms with van der Waals surface area (Å²) in [6.07, 6.45) is 2.64. The largest absolute Gasteiger partial charge is 0.316 e. The van der Waals surface area contributed by atoms with Crippen LogP contribution in [0.2, 0.25) is 0 Å². The average Bonchev–Trinajstić information content (AvgIpc) is 2.38. The Bertz CT molecular complexity index is 335. The first-order valence-electron chi connectivity index (χ1n) is 7.96. The van der Waals surface area contributed by atoms with E-state index in [0.29, 0.717) is 0 Å². The highest BCUT2D eigenvalue weighted by Gasteiger charge is 2.11. The van der Waals surface area contributed by atoms with Crippen molar-refractivity contribution in [3.63, 3.8) is 0 Å². The second-order valence-corrected chi connectivity index (χ2v) is 7.67. The molecule has 0 aliphatic carbocycles. The van der Waals surface area contributed by atoms with Crippen molar-refractivity contribution in [1.29, 1.82) is 0 Å². The first-order valence-corrected chi connectivity index (χ1v) is 8.95. The third kappa shape index (κ3) is 8.65. The van der Waals surface area contributed by atoms with E-state index in [1.807, 2.05) is 11.8 Å². The van der Waals surface area contributed by atoms with Crippen molar-refractivity contribution in [2.45, 2.75) is 45.4 Å². The minimum atomic E-state index is 0.744. The van der Waals surface area contributed by atoms with Crippen LogP contribution in [0.3, 0.4) is 0 Å². The molecule has 0 heterocycles. The Morgan fingerprint density at radius 1 is 0.950 bits per heavy atom. The molecule has 0 radical (unpaired) electrons. The Balaban J connectivity index is 2.28. The average molecular weight is 294 g/mol. The van der Waals surface area contributed by atoms with Crippen LogP contribution in [-0.4, -0.2) is 18.8 Å². The minimum absolute atomic E-state index is 0.744. The van der Waals surface area contributed by atoms with Crippen molar-refractivity contribution in [2.24, 2.45) is 17.8 Å². The summed E-state index contributed by atoms with van der Waals surface area (Å²) in [5.41, 5.74) is 0. The molecule has 1 atom stereocenters. The zero-order valence-electron chi connectivity index (χ0n) is 13.6. The van der Waals surface area contributed by atoms with Gasteiger partial charge in [0, 0.05) is 4.90 Å². The van der Waals surface area contributed by atoms with E-state index in [4.69, 9.17) is 0 Å². The fraction of sp³-hybridized carbons (Fsp3) is 0.667. The van der Waals surface area contributed by atoms with Gasteiger partial charge in [0.2, 0.25) is 0 Å². The van der Waals surface area contributed by atoms with Crippen LogP contribution in [0.1, 0.15) is 40.5 Å². The quantitative estimate of drug-likeness (QED) is 0.604. The summed E-state index contributed by atoms with van der Waals surface area (Å²) < 4.78 is 0. The van der Waals surface area contributed by atoms with E-state index < -0.39 is 0 Å². The van der Waals surface area contributed by atoms with Gasteiger partial charge in [-0.25, -0.2) is 0 Å². The summed E-state index contributed by atoms with van der Waals surface area (Å²) in [5.74, 6) is 3.58. The number of hydrogen-bond acceptors (Lipinski definition) is 2. The molecule has 0 saturated heterocycles. The van der Waals surface area contributed by atoms with Crippen LogP contribution in [0.5, 0.6) is 0 Å². The summed E-state index contributed by atoms with van der Waals surface area (Å²) in [5, 5.41) is 3.63. The van der Waals surface area contributed by atoms with Crippen molar-refractivity contribution < 1.29 is 0 Å². The number of thioether (sulfide) groups is 1. The van der Waals surface area contributed by atoms with Crippen LogP contribution in [0.25, 0.3) is 0 Å². The standard InChI is InChI=1S/C18H31NS/c1-15(2)12-17(14-19-13-16(3)4)10-11-20-18-8-6-5-7-9-18/h5-9,15-17,19H,10-14H2,1-4H3. The van der Waals surface area contributed by atoms with E-state index in [2.05, 4.69) is 63.3 Å². The Labute approximate surface area is 129 Å². The van der Waals surface area contributed by atoms with Gasteiger partial charge in [-0.05, 0) is 61.6 Å². The van der Waals surface area contributed by atoms with Gasteiger partial charge >= 0.3 is 0 Å². The maximum Gasteiger partial charge on any atom is 0.00719 e. The van der Waals surface area contributed by atoms with Gasteiger partial charge in [0.15, 0.2) is 0 Å². The lowest BCUT2D eigenvalue weighted by Crippen LogP contribution is -2.27. The molecule has 114 valence electrons. The number of hydrogen-bond donors (Lipinski definition) is 1. The fourth-order valence-corrected chi connectivity index (χ4v) is 3.44. The minimum Gasteiger partial charge on any atom is -0.316 e. The zero-order chi connectivity index (χ0) is 14.8. The van der Waals surface area contributed by atoms with Gasteiger partial charge in [-0.2, -0.15) is 0 Å². The van der Waals surface area contributed by atoms with E-state index in [9.17, 15) is 0 Å². The first-order chi connectivity index (χ1) is 9.58. The maximum absolute atomic E-state index is 3.63. The molecule has 1 nitrogen and oxygen atoms in total. The second kappa shape index (κ2) is 10.3. The van der Waals surface area contributed by atoms with Crippen LogP contribution in [-0.2, 0) is 0 Å². The predicted octanol–water partition coefficient (Wildman–Crippen LogP) is 5.08. The lowest BCUT2D eigenvalue weighted by Gasteiger charge is -2.20. The summed E-state index contributed by atoms with van der Waals surface area (Å²) >= 11 is 1.99. The van der Waals surface area contributed by atoms with Gasteiger partial charge in [0.1, 0.15) is 0 Å². The molecule has 0 aromatic heterocycles. The van der Waals surface area contributed by atoms with Crippen LogP contribution in [0.4, 0.5) is 0 Å². The van der Waals surface area contributed by atoms with Crippen LogP contribution >= 0.6 is 11.8 Å². The van der Waals surface area contributed by atoms with E-state index in [-0.39, 0.29) is 0 Å². The molecular formula is C18H31NS. The molecule has 1 aromatic carbocycles. The Morgan fingerprint density at radius 3 is 2.25 bits per heavy atom. The highest BCUT2D eigenvalue weighted by molar-refractivity contribution is 7.99. The molecule has 1 unspecified atom stereocenters. The third-order valence-corrected chi connectivity index (χ3v) is 4.37. The molecule has 1 N–H and O–H groups in total. The lowest BCUT2D eigenvalue weighted by atomic mass is 9.94. The first kappa shape index (κ1) is 17.6. The van der Waals surface area contributed by atoms with E-state index >= 15 is 0 Å². The van der Waals surface area contributed by atoms with Gasteiger partial charge in [-0.3, -0.25) is 0 Å². The van der Waals surface area contributed by atoms with Gasteiger partial charge in [-0.15, -0.1) is 11.8 Å². The molecule has 0 amide bonds. The van der Waals surface area contributed by atoms with Gasteiger partial charge in [-0.1, -0.05) is 45.9 Å². The highest BCUT2D eigenvalue weighted by Crippen LogP contribution is 2.22. The molecule has 0 spiro atoms. The molecular weight excluding hydrogens is 262 g/mol. The fourth-order valence-electron chi connectivity index (χ4n) is 2.41. The summed E-state index contributed by atoms with van der Waals surface area (Å²) in [6.45, 7) is 11.5. The normalized spacial score (nSPS) is 13.1. The van der Waals surface area contributed by atoms with Gasteiger partial charge in [0.25, 0.3) is 0 Å². The van der Waals surface area contributed by atoms with Crippen LogP contribution < -0.4 is 5.32 Å². The Morgan fingerprint density at radius 2 is 1.65 bits per heavy atom. The topological polar surface area (TPSA) is 12.0 Å². The molecule has 0 fully saturated rings.